The van der Waals surface area contributed by atoms with E-state index in [1.165, 1.54) is 0 Å². The first-order valence-electron chi connectivity index (χ1n) is 11.8. The maximum absolute atomic E-state index is 4.95. The number of benzene rings is 2. The molecule has 37 heavy (non-hydrogen) atoms. The van der Waals surface area contributed by atoms with Crippen LogP contribution in [0.1, 0.15) is 0 Å². The maximum atomic E-state index is 4.95. The normalized spacial score (nSPS) is 11.0. The Bertz CT molecular complexity index is 1560. The molecule has 0 fully saturated rings. The van der Waals surface area contributed by atoms with E-state index in [0.29, 0.717) is 0 Å². The minimum Gasteiger partial charge on any atom is -0.326 e. The van der Waals surface area contributed by atoms with Crippen molar-refractivity contribution in [2.24, 2.45) is 0 Å². The number of pyridine rings is 4. The van der Waals surface area contributed by atoms with Crippen LogP contribution >= 0.6 is 0 Å². The van der Waals surface area contributed by atoms with Crippen molar-refractivity contribution in [2.45, 2.75) is 0 Å². The Hall–Kier alpha value is -4.30. The maximum Gasteiger partial charge on any atom is 0.0886 e. The second-order valence-electron chi connectivity index (χ2n) is 8.59. The fraction of sp³-hybridized carbons (Fsp3) is 0. The van der Waals surface area contributed by atoms with Crippen molar-refractivity contribution in [3.8, 4) is 0 Å². The van der Waals surface area contributed by atoms with Gasteiger partial charge in [0.1, 0.15) is 0 Å². The van der Waals surface area contributed by atoms with Gasteiger partial charge in [-0.05, 0) is 35.3 Å². The molecular formula is C32H18N4Re-2. The third kappa shape index (κ3) is 4.40. The van der Waals surface area contributed by atoms with Gasteiger partial charge >= 0.3 is 0 Å². The number of hydrogen-bond acceptors (Lipinski definition) is 4. The Morgan fingerprint density at radius 2 is 0.514 bits per heavy atom. The van der Waals surface area contributed by atoms with E-state index in [1.54, 1.807) is 0 Å². The molecule has 0 saturated carbocycles. The monoisotopic (exact) mass is 645 g/mol. The van der Waals surface area contributed by atoms with Crippen molar-refractivity contribution in [1.29, 1.82) is 0 Å². The van der Waals surface area contributed by atoms with Crippen molar-refractivity contribution in [1.82, 2.24) is 19.9 Å². The molecule has 0 amide bonds. The predicted molar refractivity (Wildman–Crippen MR) is 147 cm³/mol. The van der Waals surface area contributed by atoms with Gasteiger partial charge in [-0.3, -0.25) is 9.97 Å². The van der Waals surface area contributed by atoms with Gasteiger partial charge in [-0.1, -0.05) is 70.1 Å². The number of aromatic nitrogens is 4. The van der Waals surface area contributed by atoms with Crippen LogP contribution in [0.2, 0.25) is 0 Å². The van der Waals surface area contributed by atoms with Crippen molar-refractivity contribution in [3.63, 3.8) is 0 Å². The molecule has 2 aromatic carbocycles. The Labute approximate surface area is 226 Å². The first-order chi connectivity index (χ1) is 17.8. The fourth-order valence-electron chi connectivity index (χ4n) is 4.45. The van der Waals surface area contributed by atoms with E-state index in [4.69, 9.17) is 19.9 Å². The van der Waals surface area contributed by atoms with Crippen molar-refractivity contribution < 1.29 is 20.4 Å². The van der Waals surface area contributed by atoms with Crippen LogP contribution in [0.4, 0.5) is 0 Å². The van der Waals surface area contributed by atoms with Gasteiger partial charge in [0, 0.05) is 31.5 Å². The number of fused-ring (bicyclic) bond motifs is 18. The molecule has 12 bridgehead atoms. The average molecular weight is 645 g/mol. The van der Waals surface area contributed by atoms with E-state index in [-0.39, 0.29) is 20.4 Å². The molecule has 0 spiro atoms. The largest absolute Gasteiger partial charge is 0.326 e. The smallest absolute Gasteiger partial charge is 0.0886 e. The summed E-state index contributed by atoms with van der Waals surface area (Å²) in [7, 11) is 0. The summed E-state index contributed by atoms with van der Waals surface area (Å²) < 4.78 is 0. The van der Waals surface area contributed by atoms with Crippen LogP contribution in [0, 0.1) is 12.1 Å². The van der Waals surface area contributed by atoms with Crippen molar-refractivity contribution in [3.05, 3.63) is 121 Å². The summed E-state index contributed by atoms with van der Waals surface area (Å²) in [6.45, 7) is 0. The van der Waals surface area contributed by atoms with Crippen LogP contribution in [0.25, 0.3) is 65.7 Å². The zero-order chi connectivity index (χ0) is 23.9. The molecular weight excluding hydrogens is 627 g/mol. The van der Waals surface area contributed by atoms with Crippen LogP contribution in [0.15, 0.2) is 109 Å². The third-order valence-electron chi connectivity index (χ3n) is 6.22. The van der Waals surface area contributed by atoms with Crippen molar-refractivity contribution in [2.75, 3.05) is 0 Å². The van der Waals surface area contributed by atoms with E-state index in [2.05, 4.69) is 12.1 Å². The standard InChI is InChI=1S/C32H18N4.Re/c1-7-21-19-23(9-1)27-13-4-15-29(34-27)31-17-6-18-32(36-31)30-16-5-14-28(35-30)24-10-2-8-22(20-24)26-12-3-11-25(21)33-26;/h1-18H;/q-2;. The summed E-state index contributed by atoms with van der Waals surface area (Å²) in [5.74, 6) is 0. The zero-order valence-electron chi connectivity index (χ0n) is 19.6. The van der Waals surface area contributed by atoms with Gasteiger partial charge in [0.15, 0.2) is 0 Å². The van der Waals surface area contributed by atoms with Gasteiger partial charge in [0.25, 0.3) is 0 Å². The predicted octanol–water partition coefficient (Wildman–Crippen LogP) is 7.47. The molecule has 7 rings (SSSR count). The van der Waals surface area contributed by atoms with E-state index >= 15 is 0 Å². The molecule has 0 aliphatic heterocycles. The van der Waals surface area contributed by atoms with Crippen LogP contribution in [-0.4, -0.2) is 19.9 Å². The quantitative estimate of drug-likeness (QED) is 0.161. The average Bonchev–Trinajstić information content (AvgIpc) is 2.97. The molecule has 5 heterocycles. The van der Waals surface area contributed by atoms with Crippen LogP contribution < -0.4 is 0 Å². The van der Waals surface area contributed by atoms with Gasteiger partial charge in [-0.25, -0.2) is 4.98 Å². The topological polar surface area (TPSA) is 51.6 Å². The number of rotatable bonds is 0. The van der Waals surface area contributed by atoms with Gasteiger partial charge < -0.3 is 4.98 Å². The van der Waals surface area contributed by atoms with Crippen LogP contribution in [-0.2, 0) is 20.4 Å². The molecule has 0 unspecified atom stereocenters. The zero-order valence-corrected chi connectivity index (χ0v) is 22.3. The SMILES string of the molecule is [Re].[c-]1c2cccc1c1cccc(n1)c1cccc(n1)c1cccc(n1)c1[c-]c(ccc1)c1cccc2n1. The summed E-state index contributed by atoms with van der Waals surface area (Å²) in [5.41, 5.74) is 6.54. The Morgan fingerprint density at radius 3 is 0.838 bits per heavy atom. The first-order valence-corrected chi connectivity index (χ1v) is 11.8. The Balaban J connectivity index is 0.00000252. The van der Waals surface area contributed by atoms with Crippen LogP contribution in [0.3, 0.4) is 0 Å². The molecule has 5 heteroatoms. The van der Waals surface area contributed by atoms with Gasteiger partial charge in [-0.15, -0.1) is 48.5 Å². The first kappa shape index (κ1) is 23.1. The van der Waals surface area contributed by atoms with E-state index in [0.717, 1.165) is 65.7 Å². The van der Waals surface area contributed by atoms with E-state index in [1.807, 2.05) is 109 Å². The molecule has 5 aromatic heterocycles. The summed E-state index contributed by atoms with van der Waals surface area (Å²) >= 11 is 0. The molecule has 0 aliphatic carbocycles. The van der Waals surface area contributed by atoms with Gasteiger partial charge in [0.05, 0.1) is 22.1 Å². The molecule has 0 aliphatic rings. The summed E-state index contributed by atoms with van der Waals surface area (Å²) in [4.78, 5) is 19.7. The molecule has 175 valence electrons. The Morgan fingerprint density at radius 1 is 0.297 bits per heavy atom. The molecule has 0 atom stereocenters. The summed E-state index contributed by atoms with van der Waals surface area (Å²) in [6, 6.07) is 43.1. The van der Waals surface area contributed by atoms with Crippen molar-refractivity contribution >= 4 is 65.7 Å². The van der Waals surface area contributed by atoms with E-state index in [9.17, 15) is 0 Å². The minimum absolute atomic E-state index is 0. The molecule has 1 radical (unpaired) electrons. The van der Waals surface area contributed by atoms with Gasteiger partial charge in [0.2, 0.25) is 0 Å². The minimum atomic E-state index is 0. The second-order valence-corrected chi connectivity index (χ2v) is 8.59. The number of hydrogen-bond donors (Lipinski definition) is 0. The summed E-state index contributed by atoms with van der Waals surface area (Å²) in [5, 5.41) is 3.63. The van der Waals surface area contributed by atoms with Gasteiger partial charge in [-0.2, -0.15) is 0 Å². The fourth-order valence-corrected chi connectivity index (χ4v) is 4.45. The van der Waals surface area contributed by atoms with Crippen LogP contribution in [0.5, 0.6) is 0 Å². The molecule has 0 saturated heterocycles. The molecule has 4 nitrogen and oxygen atoms in total. The second kappa shape index (κ2) is 9.63. The number of nitrogens with zero attached hydrogens (tertiary/aromatic N) is 4. The van der Waals surface area contributed by atoms with E-state index < -0.39 is 0 Å². The summed E-state index contributed by atoms with van der Waals surface area (Å²) in [6.07, 6.45) is 0. The Kier molecular flexibility index (Phi) is 6.02. The molecule has 7 aromatic rings. The third-order valence-corrected chi connectivity index (χ3v) is 6.22. The molecule has 0 N–H and O–H groups in total.